The van der Waals surface area contributed by atoms with Gasteiger partial charge in [-0.1, -0.05) is 18.2 Å². The van der Waals surface area contributed by atoms with Crippen molar-refractivity contribution < 1.29 is 4.79 Å². The van der Waals surface area contributed by atoms with E-state index in [-0.39, 0.29) is 5.91 Å². The van der Waals surface area contributed by atoms with Gasteiger partial charge in [0.25, 0.3) is 0 Å². The highest BCUT2D eigenvalue weighted by molar-refractivity contribution is 5.82. The summed E-state index contributed by atoms with van der Waals surface area (Å²) in [4.78, 5) is 24.4. The van der Waals surface area contributed by atoms with Crippen LogP contribution in [0.5, 0.6) is 0 Å². The van der Waals surface area contributed by atoms with E-state index >= 15 is 0 Å². The number of carbonyl (C=O) groups excluding carboxylic acids is 1. The summed E-state index contributed by atoms with van der Waals surface area (Å²) in [5.74, 6) is 0.199. The predicted octanol–water partition coefficient (Wildman–Crippen LogP) is 3.07. The number of nitrogens with one attached hydrogen (secondary N) is 1. The van der Waals surface area contributed by atoms with Crippen LogP contribution in [0.2, 0.25) is 0 Å². The standard InChI is InChI=1S/C21H24N4O/c1-15-4-3-5-20(16(15)2)24-8-10-25(11-9-24)21(26)13-17-6-7-18-19(12-17)23-14-22-18/h3-7,12,14H,8-11,13H2,1-2H3,(H,22,23). The van der Waals surface area contributed by atoms with Crippen LogP contribution in [0.4, 0.5) is 5.69 Å². The third-order valence-electron chi connectivity index (χ3n) is 5.39. The van der Waals surface area contributed by atoms with Crippen LogP contribution in [0.1, 0.15) is 16.7 Å². The fourth-order valence-electron chi connectivity index (χ4n) is 3.65. The molecule has 0 unspecified atom stereocenters. The number of H-pyrrole nitrogens is 1. The molecule has 1 saturated heterocycles. The molecule has 4 rings (SSSR count). The largest absolute Gasteiger partial charge is 0.368 e. The van der Waals surface area contributed by atoms with Crippen molar-refractivity contribution in [2.24, 2.45) is 0 Å². The minimum Gasteiger partial charge on any atom is -0.368 e. The molecule has 1 aliphatic heterocycles. The first-order chi connectivity index (χ1) is 12.6. The second-order valence-corrected chi connectivity index (χ2v) is 7.02. The van der Waals surface area contributed by atoms with Gasteiger partial charge in [-0.05, 0) is 48.7 Å². The maximum absolute atomic E-state index is 12.7. The molecule has 5 nitrogen and oxygen atoms in total. The maximum Gasteiger partial charge on any atom is 0.227 e. The molecule has 0 saturated carbocycles. The van der Waals surface area contributed by atoms with Crippen molar-refractivity contribution in [3.63, 3.8) is 0 Å². The van der Waals surface area contributed by atoms with Crippen molar-refractivity contribution >= 4 is 22.6 Å². The topological polar surface area (TPSA) is 52.2 Å². The summed E-state index contributed by atoms with van der Waals surface area (Å²) in [6.45, 7) is 7.64. The maximum atomic E-state index is 12.7. The number of imidazole rings is 1. The van der Waals surface area contributed by atoms with Crippen molar-refractivity contribution in [3.05, 3.63) is 59.4 Å². The summed E-state index contributed by atoms with van der Waals surface area (Å²) in [7, 11) is 0. The Labute approximate surface area is 153 Å². The van der Waals surface area contributed by atoms with Crippen molar-refractivity contribution in [1.29, 1.82) is 0 Å². The van der Waals surface area contributed by atoms with E-state index in [0.717, 1.165) is 42.8 Å². The lowest BCUT2D eigenvalue weighted by Gasteiger charge is -2.37. The summed E-state index contributed by atoms with van der Waals surface area (Å²) < 4.78 is 0. The monoisotopic (exact) mass is 348 g/mol. The lowest BCUT2D eigenvalue weighted by atomic mass is 10.1. The van der Waals surface area contributed by atoms with Gasteiger partial charge in [0.2, 0.25) is 5.91 Å². The molecule has 1 fully saturated rings. The van der Waals surface area contributed by atoms with Gasteiger partial charge in [-0.25, -0.2) is 4.98 Å². The Morgan fingerprint density at radius 2 is 1.92 bits per heavy atom. The summed E-state index contributed by atoms with van der Waals surface area (Å²) in [5, 5.41) is 0. The number of amides is 1. The van der Waals surface area contributed by atoms with Gasteiger partial charge in [-0.2, -0.15) is 0 Å². The van der Waals surface area contributed by atoms with E-state index in [1.807, 2.05) is 23.1 Å². The summed E-state index contributed by atoms with van der Waals surface area (Å²) in [6, 6.07) is 12.4. The van der Waals surface area contributed by atoms with Crippen molar-refractivity contribution in [3.8, 4) is 0 Å². The number of hydrogen-bond acceptors (Lipinski definition) is 3. The number of anilines is 1. The van der Waals surface area contributed by atoms with Crippen LogP contribution < -0.4 is 4.90 Å². The average molecular weight is 348 g/mol. The predicted molar refractivity (Wildman–Crippen MR) is 105 cm³/mol. The molecule has 1 aromatic heterocycles. The molecule has 1 amide bonds. The number of aromatic nitrogens is 2. The van der Waals surface area contributed by atoms with Crippen LogP contribution in [-0.2, 0) is 11.2 Å². The molecule has 26 heavy (non-hydrogen) atoms. The van der Waals surface area contributed by atoms with Crippen molar-refractivity contribution in [1.82, 2.24) is 14.9 Å². The molecule has 0 radical (unpaired) electrons. The van der Waals surface area contributed by atoms with Crippen LogP contribution in [0.3, 0.4) is 0 Å². The number of nitrogens with zero attached hydrogens (tertiary/aromatic N) is 3. The fraction of sp³-hybridized carbons (Fsp3) is 0.333. The van der Waals surface area contributed by atoms with Gasteiger partial charge in [-0.3, -0.25) is 4.79 Å². The molecule has 134 valence electrons. The van der Waals surface area contributed by atoms with Gasteiger partial charge in [-0.15, -0.1) is 0 Å². The zero-order valence-corrected chi connectivity index (χ0v) is 15.3. The highest BCUT2D eigenvalue weighted by atomic mass is 16.2. The number of piperazine rings is 1. The van der Waals surface area contributed by atoms with Gasteiger partial charge in [0.1, 0.15) is 0 Å². The highest BCUT2D eigenvalue weighted by Gasteiger charge is 2.22. The number of aromatic amines is 1. The first-order valence-corrected chi connectivity index (χ1v) is 9.13. The average Bonchev–Trinajstić information content (AvgIpc) is 3.12. The normalized spacial score (nSPS) is 14.8. The highest BCUT2D eigenvalue weighted by Crippen LogP contribution is 2.24. The summed E-state index contributed by atoms with van der Waals surface area (Å²) in [6.07, 6.45) is 2.13. The van der Waals surface area contributed by atoms with Crippen LogP contribution in [0.25, 0.3) is 11.0 Å². The van der Waals surface area contributed by atoms with Crippen molar-refractivity contribution in [2.75, 3.05) is 31.1 Å². The molecule has 0 atom stereocenters. The van der Waals surface area contributed by atoms with Crippen molar-refractivity contribution in [2.45, 2.75) is 20.3 Å². The van der Waals surface area contributed by atoms with E-state index in [2.05, 4.69) is 46.9 Å². The Balaban J connectivity index is 1.39. The van der Waals surface area contributed by atoms with E-state index in [4.69, 9.17) is 0 Å². The van der Waals surface area contributed by atoms with Gasteiger partial charge in [0.15, 0.2) is 0 Å². The molecule has 3 aromatic rings. The Kier molecular flexibility index (Phi) is 4.37. The Morgan fingerprint density at radius 3 is 2.73 bits per heavy atom. The number of fused-ring (bicyclic) bond motifs is 1. The van der Waals surface area contributed by atoms with E-state index in [1.54, 1.807) is 6.33 Å². The fourth-order valence-corrected chi connectivity index (χ4v) is 3.65. The molecule has 1 N–H and O–H groups in total. The van der Waals surface area contributed by atoms with E-state index in [1.165, 1.54) is 16.8 Å². The molecular weight excluding hydrogens is 324 g/mol. The molecule has 0 spiro atoms. The number of rotatable bonds is 3. The lowest BCUT2D eigenvalue weighted by molar-refractivity contribution is -0.130. The number of benzene rings is 2. The molecule has 5 heteroatoms. The Bertz CT molecular complexity index is 938. The second-order valence-electron chi connectivity index (χ2n) is 7.02. The van der Waals surface area contributed by atoms with Crippen LogP contribution in [0, 0.1) is 13.8 Å². The first-order valence-electron chi connectivity index (χ1n) is 9.13. The number of hydrogen-bond donors (Lipinski definition) is 1. The molecule has 0 aliphatic carbocycles. The SMILES string of the molecule is Cc1cccc(N2CCN(C(=O)Cc3ccc4nc[nH]c4c3)CC2)c1C. The molecular formula is C21H24N4O. The van der Waals surface area contributed by atoms with E-state index in [0.29, 0.717) is 6.42 Å². The molecule has 2 aromatic carbocycles. The summed E-state index contributed by atoms with van der Waals surface area (Å²) in [5.41, 5.74) is 6.89. The van der Waals surface area contributed by atoms with Crippen LogP contribution in [0.15, 0.2) is 42.7 Å². The lowest BCUT2D eigenvalue weighted by Crippen LogP contribution is -2.49. The second kappa shape index (κ2) is 6.83. The van der Waals surface area contributed by atoms with Gasteiger partial charge in [0.05, 0.1) is 23.8 Å². The van der Waals surface area contributed by atoms with E-state index in [9.17, 15) is 4.79 Å². The van der Waals surface area contributed by atoms with Gasteiger partial charge in [0, 0.05) is 31.9 Å². The molecule has 0 bridgehead atoms. The van der Waals surface area contributed by atoms with E-state index < -0.39 is 0 Å². The third-order valence-corrected chi connectivity index (χ3v) is 5.39. The molecule has 1 aliphatic rings. The third kappa shape index (κ3) is 3.17. The number of carbonyl (C=O) groups is 1. The quantitative estimate of drug-likeness (QED) is 0.791. The summed E-state index contributed by atoms with van der Waals surface area (Å²) >= 11 is 0. The minimum absolute atomic E-state index is 0.199. The van der Waals surface area contributed by atoms with Gasteiger partial charge < -0.3 is 14.8 Å². The first kappa shape index (κ1) is 16.6. The smallest absolute Gasteiger partial charge is 0.227 e. The van der Waals surface area contributed by atoms with Gasteiger partial charge >= 0.3 is 0 Å². The Morgan fingerprint density at radius 1 is 1.12 bits per heavy atom. The number of aryl methyl sites for hydroxylation is 1. The zero-order valence-electron chi connectivity index (χ0n) is 15.3. The minimum atomic E-state index is 0.199. The zero-order chi connectivity index (χ0) is 18.1. The Hall–Kier alpha value is -2.82. The van der Waals surface area contributed by atoms with Crippen LogP contribution in [-0.4, -0.2) is 47.0 Å². The molecule has 2 heterocycles. The van der Waals surface area contributed by atoms with Crippen LogP contribution >= 0.6 is 0 Å².